The Hall–Kier alpha value is -0.650. The lowest BCUT2D eigenvalue weighted by atomic mass is 9.96. The van der Waals surface area contributed by atoms with Gasteiger partial charge < -0.3 is 10.8 Å². The molecule has 0 aliphatic carbocycles. The first-order valence-corrected chi connectivity index (χ1v) is 6.90. The standard InChI is InChI=1S/C13H27N3O2/c1-4-13(18,5-2)10-15-6-8-16(9-7-15)11(3)12(14)17/h11,18H,4-10H2,1-3H3,(H2,14,17). The van der Waals surface area contributed by atoms with Crippen molar-refractivity contribution in [1.29, 1.82) is 0 Å². The van der Waals surface area contributed by atoms with Crippen molar-refractivity contribution < 1.29 is 9.90 Å². The van der Waals surface area contributed by atoms with Gasteiger partial charge in [0.15, 0.2) is 0 Å². The predicted molar refractivity (Wildman–Crippen MR) is 72.2 cm³/mol. The van der Waals surface area contributed by atoms with E-state index >= 15 is 0 Å². The van der Waals surface area contributed by atoms with E-state index in [0.717, 1.165) is 45.6 Å². The van der Waals surface area contributed by atoms with Gasteiger partial charge >= 0.3 is 0 Å². The second-order valence-electron chi connectivity index (χ2n) is 5.32. The number of piperazine rings is 1. The molecule has 1 amide bonds. The molecule has 1 aliphatic rings. The molecule has 0 aromatic heterocycles. The van der Waals surface area contributed by atoms with Crippen LogP contribution < -0.4 is 5.73 Å². The molecule has 1 saturated heterocycles. The van der Waals surface area contributed by atoms with Gasteiger partial charge in [0, 0.05) is 32.7 Å². The second kappa shape index (κ2) is 6.50. The zero-order chi connectivity index (χ0) is 13.8. The van der Waals surface area contributed by atoms with Crippen LogP contribution in [-0.2, 0) is 4.79 Å². The van der Waals surface area contributed by atoms with Crippen molar-refractivity contribution in [3.63, 3.8) is 0 Å². The monoisotopic (exact) mass is 257 g/mol. The van der Waals surface area contributed by atoms with Crippen molar-refractivity contribution in [1.82, 2.24) is 9.80 Å². The van der Waals surface area contributed by atoms with Crippen LogP contribution in [0.1, 0.15) is 33.6 Å². The van der Waals surface area contributed by atoms with Crippen LogP contribution in [0.4, 0.5) is 0 Å². The van der Waals surface area contributed by atoms with Gasteiger partial charge in [-0.3, -0.25) is 14.6 Å². The van der Waals surface area contributed by atoms with E-state index in [9.17, 15) is 9.90 Å². The first-order chi connectivity index (χ1) is 8.41. The molecule has 0 bridgehead atoms. The molecule has 0 aromatic carbocycles. The van der Waals surface area contributed by atoms with Crippen molar-refractivity contribution >= 4 is 5.91 Å². The SMILES string of the molecule is CCC(O)(CC)CN1CCN(C(C)C(N)=O)CC1. The van der Waals surface area contributed by atoms with Crippen LogP contribution in [0, 0.1) is 0 Å². The minimum absolute atomic E-state index is 0.191. The van der Waals surface area contributed by atoms with E-state index in [1.165, 1.54) is 0 Å². The summed E-state index contributed by atoms with van der Waals surface area (Å²) in [7, 11) is 0. The number of hydrogen-bond donors (Lipinski definition) is 2. The summed E-state index contributed by atoms with van der Waals surface area (Å²) >= 11 is 0. The molecule has 106 valence electrons. The molecule has 1 fully saturated rings. The minimum Gasteiger partial charge on any atom is -0.389 e. The molecule has 1 atom stereocenters. The highest BCUT2D eigenvalue weighted by Gasteiger charge is 2.29. The minimum atomic E-state index is -0.572. The van der Waals surface area contributed by atoms with Gasteiger partial charge in [-0.05, 0) is 19.8 Å². The number of carbonyl (C=O) groups excluding carboxylic acids is 1. The molecule has 5 nitrogen and oxygen atoms in total. The third-order valence-electron chi connectivity index (χ3n) is 4.20. The Morgan fingerprint density at radius 2 is 1.78 bits per heavy atom. The molecule has 0 radical (unpaired) electrons. The lowest BCUT2D eigenvalue weighted by Crippen LogP contribution is -2.55. The van der Waals surface area contributed by atoms with Crippen molar-refractivity contribution in [2.45, 2.75) is 45.3 Å². The number of β-amino-alcohol motifs (C(OH)–C–C–N with tert-alkyl or cyclic N) is 1. The fourth-order valence-electron chi connectivity index (χ4n) is 2.38. The molecule has 1 rings (SSSR count). The van der Waals surface area contributed by atoms with E-state index in [1.54, 1.807) is 0 Å². The van der Waals surface area contributed by atoms with Crippen molar-refractivity contribution in [3.8, 4) is 0 Å². The summed E-state index contributed by atoms with van der Waals surface area (Å²) in [5.74, 6) is -0.262. The van der Waals surface area contributed by atoms with Crippen LogP contribution in [0.15, 0.2) is 0 Å². The maximum Gasteiger partial charge on any atom is 0.234 e. The van der Waals surface area contributed by atoms with Crippen molar-refractivity contribution in [2.75, 3.05) is 32.7 Å². The summed E-state index contributed by atoms with van der Waals surface area (Å²) < 4.78 is 0. The van der Waals surface area contributed by atoms with Gasteiger partial charge in [0.05, 0.1) is 11.6 Å². The maximum absolute atomic E-state index is 11.1. The van der Waals surface area contributed by atoms with Gasteiger partial charge in [0.1, 0.15) is 0 Å². The van der Waals surface area contributed by atoms with Crippen molar-refractivity contribution in [2.24, 2.45) is 5.73 Å². The molecule has 1 heterocycles. The Morgan fingerprint density at radius 1 is 1.28 bits per heavy atom. The van der Waals surface area contributed by atoms with E-state index in [4.69, 9.17) is 5.73 Å². The van der Waals surface area contributed by atoms with Gasteiger partial charge in [-0.15, -0.1) is 0 Å². The van der Waals surface area contributed by atoms with Crippen LogP contribution in [0.2, 0.25) is 0 Å². The number of primary amides is 1. The summed E-state index contributed by atoms with van der Waals surface area (Å²) in [5.41, 5.74) is 4.74. The fourth-order valence-corrected chi connectivity index (χ4v) is 2.38. The molecule has 18 heavy (non-hydrogen) atoms. The summed E-state index contributed by atoms with van der Waals surface area (Å²) in [6.45, 7) is 10.1. The summed E-state index contributed by atoms with van der Waals surface area (Å²) in [6, 6.07) is -0.191. The van der Waals surface area contributed by atoms with Gasteiger partial charge in [-0.2, -0.15) is 0 Å². The Bertz CT molecular complexity index is 271. The number of amides is 1. The quantitative estimate of drug-likeness (QED) is 0.704. The van der Waals surface area contributed by atoms with Gasteiger partial charge in [0.2, 0.25) is 5.91 Å². The summed E-state index contributed by atoms with van der Waals surface area (Å²) in [5, 5.41) is 10.3. The second-order valence-corrected chi connectivity index (χ2v) is 5.32. The van der Waals surface area contributed by atoms with Crippen LogP contribution in [0.5, 0.6) is 0 Å². The third kappa shape index (κ3) is 3.93. The highest BCUT2D eigenvalue weighted by atomic mass is 16.3. The van der Waals surface area contributed by atoms with Crippen LogP contribution in [-0.4, -0.2) is 65.2 Å². The molecule has 0 aromatic rings. The average Bonchev–Trinajstić information content (AvgIpc) is 2.38. The Labute approximate surface area is 110 Å². The molecule has 0 saturated carbocycles. The van der Waals surface area contributed by atoms with Gasteiger partial charge in [-0.1, -0.05) is 13.8 Å². The number of nitrogens with zero attached hydrogens (tertiary/aromatic N) is 2. The Morgan fingerprint density at radius 3 is 2.17 bits per heavy atom. The van der Waals surface area contributed by atoms with E-state index in [2.05, 4.69) is 9.80 Å². The van der Waals surface area contributed by atoms with Crippen LogP contribution in [0.25, 0.3) is 0 Å². The molecular formula is C13H27N3O2. The third-order valence-corrected chi connectivity index (χ3v) is 4.20. The number of nitrogens with two attached hydrogens (primary N) is 1. The number of aliphatic hydroxyl groups is 1. The highest BCUT2D eigenvalue weighted by Crippen LogP contribution is 2.17. The Kier molecular flexibility index (Phi) is 5.56. The average molecular weight is 257 g/mol. The molecule has 5 heteroatoms. The van der Waals surface area contributed by atoms with E-state index in [1.807, 2.05) is 20.8 Å². The van der Waals surface area contributed by atoms with Crippen molar-refractivity contribution in [3.05, 3.63) is 0 Å². The fraction of sp³-hybridized carbons (Fsp3) is 0.923. The topological polar surface area (TPSA) is 69.8 Å². The number of hydrogen-bond acceptors (Lipinski definition) is 4. The smallest absolute Gasteiger partial charge is 0.234 e. The molecule has 1 unspecified atom stereocenters. The lowest BCUT2D eigenvalue weighted by Gasteiger charge is -2.40. The molecular weight excluding hydrogens is 230 g/mol. The van der Waals surface area contributed by atoms with Crippen LogP contribution >= 0.6 is 0 Å². The van der Waals surface area contributed by atoms with E-state index < -0.39 is 5.60 Å². The summed E-state index contributed by atoms with van der Waals surface area (Å²) in [6.07, 6.45) is 1.56. The molecule has 1 aliphatic heterocycles. The zero-order valence-corrected chi connectivity index (χ0v) is 11.9. The predicted octanol–water partition coefficient (Wildman–Crippen LogP) is 0.0289. The zero-order valence-electron chi connectivity index (χ0n) is 11.9. The van der Waals surface area contributed by atoms with E-state index in [0.29, 0.717) is 0 Å². The molecule has 3 N–H and O–H groups in total. The highest BCUT2D eigenvalue weighted by molar-refractivity contribution is 5.79. The van der Waals surface area contributed by atoms with E-state index in [-0.39, 0.29) is 11.9 Å². The lowest BCUT2D eigenvalue weighted by molar-refractivity contribution is -0.123. The normalized spacial score (nSPS) is 20.9. The maximum atomic E-state index is 11.1. The van der Waals surface area contributed by atoms with Crippen LogP contribution in [0.3, 0.4) is 0 Å². The summed E-state index contributed by atoms with van der Waals surface area (Å²) in [4.78, 5) is 15.5. The largest absolute Gasteiger partial charge is 0.389 e. The van der Waals surface area contributed by atoms with Gasteiger partial charge in [0.25, 0.3) is 0 Å². The Balaban J connectivity index is 2.42. The number of carbonyl (C=O) groups is 1. The van der Waals surface area contributed by atoms with Gasteiger partial charge in [-0.25, -0.2) is 0 Å². The molecule has 0 spiro atoms. The first kappa shape index (κ1) is 15.4. The number of rotatable bonds is 6. The first-order valence-electron chi connectivity index (χ1n) is 6.90.